The standard InChI is InChI=1S/C23H29N5O3/c24-21-11-17(4-5-25-21)22(29)27-12-16-10-19(15-27)20-3-2-18(23(30)28(20)13-16)14-26-6-1-8-31-9-7-26/h2-5,11,16,19H,1,6-10,12-15H2,(H2,24,25)/t16-,19+/m0/s1. The zero-order valence-electron chi connectivity index (χ0n) is 17.7. The number of anilines is 1. The SMILES string of the molecule is Nc1cc(C(=O)N2C[C@@H]3C[C@H](C2)c2ccc(CN4CCCOCC4)c(=O)n2C3)ccn1. The highest BCUT2D eigenvalue weighted by Gasteiger charge is 2.37. The number of hydrogen-bond acceptors (Lipinski definition) is 6. The van der Waals surface area contributed by atoms with E-state index in [0.717, 1.165) is 50.4 Å². The number of piperidine rings is 1. The normalized spacial score (nSPS) is 23.8. The molecule has 0 aliphatic carbocycles. The van der Waals surface area contributed by atoms with Gasteiger partial charge in [0.15, 0.2) is 0 Å². The summed E-state index contributed by atoms with van der Waals surface area (Å²) in [5.41, 5.74) is 8.36. The van der Waals surface area contributed by atoms with E-state index >= 15 is 0 Å². The van der Waals surface area contributed by atoms with Gasteiger partial charge in [0.2, 0.25) is 0 Å². The molecule has 3 aliphatic heterocycles. The molecule has 0 radical (unpaired) electrons. The van der Waals surface area contributed by atoms with Crippen LogP contribution in [0.3, 0.4) is 0 Å². The lowest BCUT2D eigenvalue weighted by Crippen LogP contribution is -2.49. The van der Waals surface area contributed by atoms with Gasteiger partial charge in [-0.1, -0.05) is 6.07 Å². The first-order chi connectivity index (χ1) is 15.1. The summed E-state index contributed by atoms with van der Waals surface area (Å²) in [4.78, 5) is 34.5. The molecule has 2 fully saturated rings. The molecule has 31 heavy (non-hydrogen) atoms. The van der Waals surface area contributed by atoms with Crippen LogP contribution >= 0.6 is 0 Å². The Bertz CT molecular complexity index is 1030. The average Bonchev–Trinajstić information content (AvgIpc) is 3.04. The highest BCUT2D eigenvalue weighted by Crippen LogP contribution is 2.35. The number of nitrogens with zero attached hydrogens (tertiary/aromatic N) is 4. The summed E-state index contributed by atoms with van der Waals surface area (Å²) in [6, 6.07) is 7.43. The number of pyridine rings is 2. The van der Waals surface area contributed by atoms with Crippen LogP contribution in [0.1, 0.15) is 40.4 Å². The quantitative estimate of drug-likeness (QED) is 0.800. The molecule has 2 aromatic rings. The number of ether oxygens (including phenoxy) is 1. The van der Waals surface area contributed by atoms with Crippen molar-refractivity contribution < 1.29 is 9.53 Å². The van der Waals surface area contributed by atoms with E-state index in [-0.39, 0.29) is 23.3 Å². The number of fused-ring (bicyclic) bond motifs is 4. The van der Waals surface area contributed by atoms with Crippen molar-refractivity contribution in [2.24, 2.45) is 5.92 Å². The summed E-state index contributed by atoms with van der Waals surface area (Å²) in [6.45, 7) is 5.98. The van der Waals surface area contributed by atoms with Gasteiger partial charge in [-0.25, -0.2) is 4.98 Å². The van der Waals surface area contributed by atoms with Gasteiger partial charge in [-0.05, 0) is 37.0 Å². The molecule has 8 heteroatoms. The minimum absolute atomic E-state index is 0.0143. The number of carbonyl (C=O) groups excluding carboxylic acids is 1. The van der Waals surface area contributed by atoms with Crippen LogP contribution in [0, 0.1) is 5.92 Å². The third-order valence-electron chi connectivity index (χ3n) is 6.71. The van der Waals surface area contributed by atoms with Crippen LogP contribution in [0.4, 0.5) is 5.82 Å². The number of amides is 1. The van der Waals surface area contributed by atoms with Gasteiger partial charge in [-0.15, -0.1) is 0 Å². The predicted octanol–water partition coefficient (Wildman–Crippen LogP) is 1.31. The third kappa shape index (κ3) is 4.09. The second-order valence-corrected chi connectivity index (χ2v) is 8.92. The first kappa shape index (κ1) is 20.2. The molecule has 1 amide bonds. The van der Waals surface area contributed by atoms with Crippen LogP contribution in [0.25, 0.3) is 0 Å². The fraction of sp³-hybridized carbons (Fsp3) is 0.522. The summed E-state index contributed by atoms with van der Waals surface area (Å²) in [5.74, 6) is 0.806. The molecular weight excluding hydrogens is 394 g/mol. The Morgan fingerprint density at radius 2 is 2.06 bits per heavy atom. The Morgan fingerprint density at radius 1 is 1.16 bits per heavy atom. The first-order valence-corrected chi connectivity index (χ1v) is 11.1. The molecule has 2 saturated heterocycles. The molecule has 3 aliphatic rings. The number of nitrogen functional groups attached to an aromatic ring is 1. The van der Waals surface area contributed by atoms with E-state index in [1.165, 1.54) is 0 Å². The zero-order chi connectivity index (χ0) is 21.4. The monoisotopic (exact) mass is 423 g/mol. The smallest absolute Gasteiger partial charge is 0.255 e. The van der Waals surface area contributed by atoms with Crippen molar-refractivity contribution >= 4 is 11.7 Å². The van der Waals surface area contributed by atoms with Gasteiger partial charge in [0.1, 0.15) is 5.82 Å². The van der Waals surface area contributed by atoms with Crippen molar-refractivity contribution in [3.8, 4) is 0 Å². The lowest BCUT2D eigenvalue weighted by Gasteiger charge is -2.43. The van der Waals surface area contributed by atoms with Crippen LogP contribution in [-0.4, -0.2) is 64.7 Å². The second-order valence-electron chi connectivity index (χ2n) is 8.92. The number of aromatic nitrogens is 2. The van der Waals surface area contributed by atoms with Crippen LogP contribution in [0.5, 0.6) is 0 Å². The van der Waals surface area contributed by atoms with E-state index in [2.05, 4.69) is 16.0 Å². The summed E-state index contributed by atoms with van der Waals surface area (Å²) in [6.07, 6.45) is 3.59. The lowest BCUT2D eigenvalue weighted by atomic mass is 9.82. The summed E-state index contributed by atoms with van der Waals surface area (Å²) in [5, 5.41) is 0. The number of hydrogen-bond donors (Lipinski definition) is 1. The molecule has 0 aromatic carbocycles. The van der Waals surface area contributed by atoms with Gasteiger partial charge in [0.05, 0.1) is 6.61 Å². The Hall–Kier alpha value is -2.71. The Labute approximate surface area is 181 Å². The molecule has 0 spiro atoms. The van der Waals surface area contributed by atoms with Crippen molar-refractivity contribution in [2.45, 2.75) is 31.8 Å². The minimum Gasteiger partial charge on any atom is -0.384 e. The molecule has 0 unspecified atom stereocenters. The Morgan fingerprint density at radius 3 is 2.94 bits per heavy atom. The van der Waals surface area contributed by atoms with Gasteiger partial charge >= 0.3 is 0 Å². The maximum Gasteiger partial charge on any atom is 0.255 e. The first-order valence-electron chi connectivity index (χ1n) is 11.1. The zero-order valence-corrected chi connectivity index (χ0v) is 17.7. The maximum atomic E-state index is 13.3. The largest absolute Gasteiger partial charge is 0.384 e. The summed E-state index contributed by atoms with van der Waals surface area (Å²) in [7, 11) is 0. The molecule has 0 saturated carbocycles. The third-order valence-corrected chi connectivity index (χ3v) is 6.71. The van der Waals surface area contributed by atoms with E-state index in [1.807, 2.05) is 15.5 Å². The van der Waals surface area contributed by atoms with E-state index in [0.29, 0.717) is 37.6 Å². The molecule has 2 bridgehead atoms. The topological polar surface area (TPSA) is 93.7 Å². The van der Waals surface area contributed by atoms with E-state index in [1.54, 1.807) is 18.3 Å². The van der Waals surface area contributed by atoms with Crippen molar-refractivity contribution in [3.63, 3.8) is 0 Å². The van der Waals surface area contributed by atoms with Crippen molar-refractivity contribution in [1.29, 1.82) is 0 Å². The Balaban J connectivity index is 1.36. The van der Waals surface area contributed by atoms with E-state index < -0.39 is 0 Å². The number of rotatable bonds is 3. The summed E-state index contributed by atoms with van der Waals surface area (Å²) >= 11 is 0. The molecule has 164 valence electrons. The highest BCUT2D eigenvalue weighted by atomic mass is 16.5. The van der Waals surface area contributed by atoms with Crippen LogP contribution in [0.2, 0.25) is 0 Å². The van der Waals surface area contributed by atoms with Crippen molar-refractivity contribution in [2.75, 3.05) is 45.1 Å². The molecule has 5 rings (SSSR count). The average molecular weight is 424 g/mol. The fourth-order valence-corrected chi connectivity index (χ4v) is 5.24. The van der Waals surface area contributed by atoms with Crippen LogP contribution in [-0.2, 0) is 17.8 Å². The van der Waals surface area contributed by atoms with Gasteiger partial charge < -0.3 is 19.9 Å². The molecule has 2 N–H and O–H groups in total. The number of nitrogens with two attached hydrogens (primary N) is 1. The van der Waals surface area contributed by atoms with Crippen molar-refractivity contribution in [3.05, 3.63) is 57.6 Å². The van der Waals surface area contributed by atoms with Crippen LogP contribution in [0.15, 0.2) is 35.3 Å². The fourth-order valence-electron chi connectivity index (χ4n) is 5.24. The number of likely N-dealkylation sites (tertiary alicyclic amines) is 1. The molecule has 2 aromatic heterocycles. The van der Waals surface area contributed by atoms with Gasteiger partial charge in [0, 0.05) is 74.8 Å². The highest BCUT2D eigenvalue weighted by molar-refractivity contribution is 5.94. The van der Waals surface area contributed by atoms with Gasteiger partial charge in [-0.2, -0.15) is 0 Å². The molecule has 8 nitrogen and oxygen atoms in total. The summed E-state index contributed by atoms with van der Waals surface area (Å²) < 4.78 is 7.50. The van der Waals surface area contributed by atoms with Gasteiger partial charge in [0.25, 0.3) is 11.5 Å². The van der Waals surface area contributed by atoms with Crippen LogP contribution < -0.4 is 11.3 Å². The minimum atomic E-state index is -0.0143. The molecular formula is C23H29N5O3. The second kappa shape index (κ2) is 8.43. The van der Waals surface area contributed by atoms with E-state index in [9.17, 15) is 9.59 Å². The van der Waals surface area contributed by atoms with E-state index in [4.69, 9.17) is 10.5 Å². The van der Waals surface area contributed by atoms with Crippen molar-refractivity contribution in [1.82, 2.24) is 19.4 Å². The predicted molar refractivity (Wildman–Crippen MR) is 117 cm³/mol. The Kier molecular flexibility index (Phi) is 5.50. The molecule has 2 atom stereocenters. The number of carbonyl (C=O) groups is 1. The molecule has 5 heterocycles. The van der Waals surface area contributed by atoms with Gasteiger partial charge in [-0.3, -0.25) is 14.5 Å². The maximum absolute atomic E-state index is 13.3. The lowest BCUT2D eigenvalue weighted by molar-refractivity contribution is 0.0594.